The second kappa shape index (κ2) is 7.96. The predicted molar refractivity (Wildman–Crippen MR) is 126 cm³/mol. The molecule has 7 nitrogen and oxygen atoms in total. The van der Waals surface area contributed by atoms with Gasteiger partial charge in [0, 0.05) is 35.8 Å². The van der Waals surface area contributed by atoms with E-state index in [1.54, 1.807) is 0 Å². The number of fused-ring (bicyclic) bond motifs is 1. The van der Waals surface area contributed by atoms with Crippen LogP contribution in [-0.4, -0.2) is 58.6 Å². The Bertz CT molecular complexity index is 1110. The number of hydrogen-bond acceptors (Lipinski definition) is 5. The minimum atomic E-state index is -0.451. The second-order valence-electron chi connectivity index (χ2n) is 9.71. The van der Waals surface area contributed by atoms with Crippen molar-refractivity contribution in [3.05, 3.63) is 42.1 Å². The van der Waals surface area contributed by atoms with E-state index in [0.29, 0.717) is 6.04 Å². The van der Waals surface area contributed by atoms with E-state index in [0.717, 1.165) is 53.5 Å². The van der Waals surface area contributed by atoms with Crippen LogP contribution in [0.5, 0.6) is 0 Å². The number of amides is 1. The molecule has 0 saturated carbocycles. The average Bonchev–Trinajstić information content (AvgIpc) is 3.35. The fourth-order valence-corrected chi connectivity index (χ4v) is 3.78. The molecule has 1 aromatic carbocycles. The van der Waals surface area contributed by atoms with Crippen LogP contribution in [0.15, 0.2) is 36.5 Å². The first-order valence-electron chi connectivity index (χ1n) is 10.8. The largest absolute Gasteiger partial charge is 0.354 e. The zero-order valence-electron chi connectivity index (χ0n) is 19.3. The summed E-state index contributed by atoms with van der Waals surface area (Å²) in [5.74, 6) is 0.971. The standard InChI is InChI=1S/C24H32N6O/c1-16-7-8-17(13-19(16)26-23(31)24(2,3)4)20-15-30-21(25-20)9-10-22(27-30)29-12-11-18(14-29)28(5)6/h7-10,13,15,18H,11-12,14H2,1-6H3,(H,26,31)/t18-/m1/s1. The molecule has 1 fully saturated rings. The van der Waals surface area contributed by atoms with Gasteiger partial charge in [-0.25, -0.2) is 9.50 Å². The Hall–Kier alpha value is -2.93. The fourth-order valence-electron chi connectivity index (χ4n) is 3.78. The number of likely N-dealkylation sites (N-methyl/N-ethyl adjacent to an activating group) is 1. The maximum atomic E-state index is 12.5. The Morgan fingerprint density at radius 3 is 2.65 bits per heavy atom. The van der Waals surface area contributed by atoms with Gasteiger partial charge in [-0.2, -0.15) is 0 Å². The van der Waals surface area contributed by atoms with Gasteiger partial charge >= 0.3 is 0 Å². The highest BCUT2D eigenvalue weighted by molar-refractivity contribution is 5.95. The van der Waals surface area contributed by atoms with Crippen LogP contribution in [0.1, 0.15) is 32.8 Å². The SMILES string of the molecule is Cc1ccc(-c2cn3nc(N4CC[C@@H](N(C)C)C4)ccc3n2)cc1NC(=O)C(C)(C)C. The number of aromatic nitrogens is 3. The number of hydrogen-bond donors (Lipinski definition) is 1. The first-order chi connectivity index (χ1) is 14.6. The summed E-state index contributed by atoms with van der Waals surface area (Å²) < 4.78 is 1.85. The quantitative estimate of drug-likeness (QED) is 0.695. The molecule has 1 aliphatic rings. The lowest BCUT2D eigenvalue weighted by Crippen LogP contribution is -2.31. The molecule has 1 atom stereocenters. The Kier molecular flexibility index (Phi) is 5.47. The zero-order valence-corrected chi connectivity index (χ0v) is 19.3. The summed E-state index contributed by atoms with van der Waals surface area (Å²) in [6.45, 7) is 9.73. The van der Waals surface area contributed by atoms with Crippen molar-refractivity contribution in [1.29, 1.82) is 0 Å². The number of benzene rings is 1. The van der Waals surface area contributed by atoms with Crippen molar-refractivity contribution in [3.63, 3.8) is 0 Å². The minimum absolute atomic E-state index is 0.00398. The molecule has 3 aromatic rings. The van der Waals surface area contributed by atoms with E-state index >= 15 is 0 Å². The molecular formula is C24H32N6O. The molecule has 3 heterocycles. The lowest BCUT2D eigenvalue weighted by molar-refractivity contribution is -0.123. The number of rotatable bonds is 4. The molecular weight excluding hydrogens is 388 g/mol. The Balaban J connectivity index is 1.60. The van der Waals surface area contributed by atoms with E-state index in [-0.39, 0.29) is 5.91 Å². The maximum absolute atomic E-state index is 12.5. The summed E-state index contributed by atoms with van der Waals surface area (Å²) in [5.41, 5.74) is 3.99. The monoisotopic (exact) mass is 420 g/mol. The Morgan fingerprint density at radius 2 is 1.97 bits per heavy atom. The molecule has 31 heavy (non-hydrogen) atoms. The number of carbonyl (C=O) groups is 1. The molecule has 4 rings (SSSR count). The van der Waals surface area contributed by atoms with Crippen LogP contribution in [0.25, 0.3) is 16.9 Å². The van der Waals surface area contributed by atoms with Crippen molar-refractivity contribution in [2.75, 3.05) is 37.4 Å². The predicted octanol–water partition coefficient (Wildman–Crippen LogP) is 3.83. The van der Waals surface area contributed by atoms with Crippen LogP contribution in [-0.2, 0) is 4.79 Å². The van der Waals surface area contributed by atoms with E-state index in [2.05, 4.69) is 29.2 Å². The topological polar surface area (TPSA) is 65.8 Å². The highest BCUT2D eigenvalue weighted by atomic mass is 16.2. The normalized spacial score (nSPS) is 17.0. The molecule has 1 aliphatic heterocycles. The number of imidazole rings is 1. The van der Waals surface area contributed by atoms with Gasteiger partial charge in [-0.1, -0.05) is 32.9 Å². The molecule has 1 amide bonds. The van der Waals surface area contributed by atoms with Gasteiger partial charge in [-0.05, 0) is 51.2 Å². The van der Waals surface area contributed by atoms with E-state index in [9.17, 15) is 4.79 Å². The van der Waals surface area contributed by atoms with Gasteiger partial charge in [-0.3, -0.25) is 4.79 Å². The van der Waals surface area contributed by atoms with E-state index < -0.39 is 5.41 Å². The van der Waals surface area contributed by atoms with Gasteiger partial charge < -0.3 is 15.1 Å². The maximum Gasteiger partial charge on any atom is 0.229 e. The first-order valence-corrected chi connectivity index (χ1v) is 10.8. The third-order valence-electron chi connectivity index (χ3n) is 5.99. The summed E-state index contributed by atoms with van der Waals surface area (Å²) in [4.78, 5) is 21.8. The number of aryl methyl sites for hydroxylation is 1. The Morgan fingerprint density at radius 1 is 1.19 bits per heavy atom. The number of nitrogens with zero attached hydrogens (tertiary/aromatic N) is 5. The summed E-state index contributed by atoms with van der Waals surface area (Å²) in [5, 5.41) is 7.86. The molecule has 0 spiro atoms. The van der Waals surface area contributed by atoms with Gasteiger partial charge in [0.15, 0.2) is 5.65 Å². The zero-order chi connectivity index (χ0) is 22.3. The molecule has 0 unspecified atom stereocenters. The molecule has 2 aromatic heterocycles. The van der Waals surface area contributed by atoms with Gasteiger partial charge in [0.25, 0.3) is 0 Å². The lowest BCUT2D eigenvalue weighted by atomic mass is 9.95. The van der Waals surface area contributed by atoms with E-state index in [1.807, 2.05) is 68.7 Å². The summed E-state index contributed by atoms with van der Waals surface area (Å²) in [7, 11) is 4.26. The van der Waals surface area contributed by atoms with Crippen molar-refractivity contribution in [2.24, 2.45) is 5.41 Å². The second-order valence-corrected chi connectivity index (χ2v) is 9.71. The van der Waals surface area contributed by atoms with Crippen molar-refractivity contribution in [3.8, 4) is 11.3 Å². The highest BCUT2D eigenvalue weighted by Crippen LogP contribution is 2.27. The molecule has 0 radical (unpaired) electrons. The van der Waals surface area contributed by atoms with E-state index in [1.165, 1.54) is 0 Å². The van der Waals surface area contributed by atoms with Gasteiger partial charge in [0.05, 0.1) is 11.9 Å². The smallest absolute Gasteiger partial charge is 0.229 e. The van der Waals surface area contributed by atoms with Crippen LogP contribution < -0.4 is 10.2 Å². The summed E-state index contributed by atoms with van der Waals surface area (Å²) in [6, 6.07) is 10.7. The van der Waals surface area contributed by atoms with Crippen molar-refractivity contribution >= 4 is 23.1 Å². The first kappa shape index (κ1) is 21.3. The van der Waals surface area contributed by atoms with Crippen molar-refractivity contribution in [2.45, 2.75) is 40.2 Å². The molecule has 0 bridgehead atoms. The average molecular weight is 421 g/mol. The van der Waals surface area contributed by atoms with Crippen LogP contribution in [0.3, 0.4) is 0 Å². The minimum Gasteiger partial charge on any atom is -0.354 e. The van der Waals surface area contributed by atoms with Crippen molar-refractivity contribution in [1.82, 2.24) is 19.5 Å². The van der Waals surface area contributed by atoms with Crippen LogP contribution in [0.4, 0.5) is 11.5 Å². The summed E-state index contributed by atoms with van der Waals surface area (Å²) >= 11 is 0. The van der Waals surface area contributed by atoms with Gasteiger partial charge in [0.1, 0.15) is 5.82 Å². The summed E-state index contributed by atoms with van der Waals surface area (Å²) in [6.07, 6.45) is 3.10. The van der Waals surface area contributed by atoms with Gasteiger partial charge in [0.2, 0.25) is 5.91 Å². The van der Waals surface area contributed by atoms with Gasteiger partial charge in [-0.15, -0.1) is 5.10 Å². The molecule has 1 N–H and O–H groups in total. The lowest BCUT2D eigenvalue weighted by Gasteiger charge is -2.20. The van der Waals surface area contributed by atoms with Crippen LogP contribution in [0, 0.1) is 12.3 Å². The molecule has 0 aliphatic carbocycles. The van der Waals surface area contributed by atoms with Crippen molar-refractivity contribution < 1.29 is 4.79 Å². The molecule has 7 heteroatoms. The highest BCUT2D eigenvalue weighted by Gasteiger charge is 2.25. The Labute approximate surface area is 184 Å². The fraction of sp³-hybridized carbons (Fsp3) is 0.458. The third-order valence-corrected chi connectivity index (χ3v) is 5.99. The molecule has 1 saturated heterocycles. The number of carbonyl (C=O) groups excluding carboxylic acids is 1. The number of nitrogens with one attached hydrogen (secondary N) is 1. The number of anilines is 2. The van der Waals surface area contributed by atoms with E-state index in [4.69, 9.17) is 10.1 Å². The van der Waals surface area contributed by atoms with Crippen LogP contribution in [0.2, 0.25) is 0 Å². The van der Waals surface area contributed by atoms with Crippen LogP contribution >= 0.6 is 0 Å². The third kappa shape index (κ3) is 4.42. The molecule has 164 valence electrons.